The Morgan fingerprint density at radius 2 is 2.62 bits per heavy atom. The van der Waals surface area contributed by atoms with Gasteiger partial charge in [0.15, 0.2) is 0 Å². The lowest BCUT2D eigenvalue weighted by atomic mass is 9.85. The number of hydrogen-bond acceptors (Lipinski definition) is 5. The number of hydrogen-bond donors (Lipinski definition) is 2. The molecule has 1 fully saturated rings. The summed E-state index contributed by atoms with van der Waals surface area (Å²) in [5.74, 6) is -0.111. The molecule has 0 aromatic carbocycles. The standard InChI is InChI=1S/C10H15N3O3/c1-10(6-15-5-8(10)11)9(14)12-4-7-2-3-16-13-7/h2-3,8H,4-6,11H2,1H3,(H,12,14). The predicted octanol–water partition coefficient (Wildman–Crippen LogP) is -0.345. The van der Waals surface area contributed by atoms with Gasteiger partial charge in [-0.1, -0.05) is 5.16 Å². The fourth-order valence-corrected chi connectivity index (χ4v) is 1.62. The number of amides is 1. The molecule has 1 amide bonds. The van der Waals surface area contributed by atoms with Crippen molar-refractivity contribution in [1.82, 2.24) is 10.5 Å². The van der Waals surface area contributed by atoms with E-state index in [0.717, 1.165) is 0 Å². The van der Waals surface area contributed by atoms with Crippen LogP contribution in [0.5, 0.6) is 0 Å². The van der Waals surface area contributed by atoms with E-state index in [1.807, 2.05) is 6.92 Å². The van der Waals surface area contributed by atoms with Crippen LogP contribution in [0, 0.1) is 5.41 Å². The molecule has 6 nitrogen and oxygen atoms in total. The predicted molar refractivity (Wildman–Crippen MR) is 55.3 cm³/mol. The molecule has 0 radical (unpaired) electrons. The maximum absolute atomic E-state index is 11.9. The molecule has 1 aliphatic rings. The van der Waals surface area contributed by atoms with Gasteiger partial charge in [-0.05, 0) is 6.92 Å². The number of nitrogens with two attached hydrogens (primary N) is 1. The van der Waals surface area contributed by atoms with Crippen LogP contribution in [0.25, 0.3) is 0 Å². The van der Waals surface area contributed by atoms with Crippen molar-refractivity contribution in [3.63, 3.8) is 0 Å². The van der Waals surface area contributed by atoms with Gasteiger partial charge in [-0.15, -0.1) is 0 Å². The highest BCUT2D eigenvalue weighted by atomic mass is 16.5. The van der Waals surface area contributed by atoms with E-state index in [-0.39, 0.29) is 11.9 Å². The summed E-state index contributed by atoms with van der Waals surface area (Å²) < 4.78 is 9.88. The molecule has 1 saturated heterocycles. The molecule has 3 N–H and O–H groups in total. The van der Waals surface area contributed by atoms with Gasteiger partial charge in [0.1, 0.15) is 12.0 Å². The van der Waals surface area contributed by atoms with E-state index in [9.17, 15) is 4.79 Å². The van der Waals surface area contributed by atoms with Crippen molar-refractivity contribution < 1.29 is 14.1 Å². The second-order valence-corrected chi connectivity index (χ2v) is 4.21. The Labute approximate surface area is 93.1 Å². The molecular weight excluding hydrogens is 210 g/mol. The van der Waals surface area contributed by atoms with Gasteiger partial charge in [0.05, 0.1) is 25.2 Å². The van der Waals surface area contributed by atoms with Crippen LogP contribution < -0.4 is 11.1 Å². The fraction of sp³-hybridized carbons (Fsp3) is 0.600. The van der Waals surface area contributed by atoms with E-state index in [4.69, 9.17) is 10.5 Å². The van der Waals surface area contributed by atoms with E-state index in [0.29, 0.717) is 25.5 Å². The minimum Gasteiger partial charge on any atom is -0.379 e. The van der Waals surface area contributed by atoms with Gasteiger partial charge >= 0.3 is 0 Å². The second kappa shape index (κ2) is 4.23. The van der Waals surface area contributed by atoms with Crippen LogP contribution in [-0.2, 0) is 16.1 Å². The smallest absolute Gasteiger partial charge is 0.230 e. The normalized spacial score (nSPS) is 29.2. The molecule has 2 rings (SSSR count). The lowest BCUT2D eigenvalue weighted by molar-refractivity contribution is -0.130. The Morgan fingerprint density at radius 3 is 3.19 bits per heavy atom. The molecule has 0 saturated carbocycles. The number of aromatic nitrogens is 1. The van der Waals surface area contributed by atoms with Crippen LogP contribution in [0.4, 0.5) is 0 Å². The third-order valence-corrected chi connectivity index (χ3v) is 2.96. The maximum Gasteiger partial charge on any atom is 0.230 e. The lowest BCUT2D eigenvalue weighted by Crippen LogP contribution is -2.49. The van der Waals surface area contributed by atoms with Crippen molar-refractivity contribution in [3.05, 3.63) is 18.0 Å². The molecule has 16 heavy (non-hydrogen) atoms. The first-order valence-electron chi connectivity index (χ1n) is 5.14. The first-order chi connectivity index (χ1) is 7.63. The zero-order chi connectivity index (χ0) is 11.6. The summed E-state index contributed by atoms with van der Waals surface area (Å²) in [4.78, 5) is 11.9. The molecule has 1 aromatic heterocycles. The monoisotopic (exact) mass is 225 g/mol. The number of nitrogens with zero attached hydrogens (tertiary/aromatic N) is 1. The van der Waals surface area contributed by atoms with E-state index in [2.05, 4.69) is 15.0 Å². The van der Waals surface area contributed by atoms with Crippen LogP contribution in [-0.4, -0.2) is 30.3 Å². The molecule has 2 unspecified atom stereocenters. The number of carbonyl (C=O) groups excluding carboxylic acids is 1. The topological polar surface area (TPSA) is 90.4 Å². The third kappa shape index (κ3) is 1.94. The molecule has 1 aromatic rings. The van der Waals surface area contributed by atoms with Crippen molar-refractivity contribution in [1.29, 1.82) is 0 Å². The maximum atomic E-state index is 11.9. The van der Waals surface area contributed by atoms with Crippen LogP contribution in [0.15, 0.2) is 16.9 Å². The minimum atomic E-state index is -0.649. The van der Waals surface area contributed by atoms with E-state index in [1.165, 1.54) is 6.26 Å². The summed E-state index contributed by atoms with van der Waals surface area (Å²) >= 11 is 0. The average molecular weight is 225 g/mol. The van der Waals surface area contributed by atoms with Gasteiger partial charge in [0, 0.05) is 12.1 Å². The molecule has 0 aliphatic carbocycles. The summed E-state index contributed by atoms with van der Waals surface area (Å²) in [6, 6.07) is 1.44. The second-order valence-electron chi connectivity index (χ2n) is 4.21. The first kappa shape index (κ1) is 11.1. The quantitative estimate of drug-likeness (QED) is 0.734. The van der Waals surface area contributed by atoms with Crippen LogP contribution in [0.2, 0.25) is 0 Å². The summed E-state index contributed by atoms with van der Waals surface area (Å²) in [7, 11) is 0. The highest BCUT2D eigenvalue weighted by Gasteiger charge is 2.44. The van der Waals surface area contributed by atoms with Gasteiger partial charge in [-0.3, -0.25) is 4.79 Å². The Hall–Kier alpha value is -1.40. The third-order valence-electron chi connectivity index (χ3n) is 2.96. The molecular formula is C10H15N3O3. The zero-order valence-corrected chi connectivity index (χ0v) is 9.10. The number of ether oxygens (including phenoxy) is 1. The molecule has 1 aliphatic heterocycles. The SMILES string of the molecule is CC1(C(=O)NCc2ccon2)COCC1N. The van der Waals surface area contributed by atoms with E-state index in [1.54, 1.807) is 6.07 Å². The fourth-order valence-electron chi connectivity index (χ4n) is 1.62. The number of rotatable bonds is 3. The molecule has 88 valence electrons. The summed E-state index contributed by atoms with van der Waals surface area (Å²) in [6.45, 7) is 2.94. The molecule has 6 heteroatoms. The van der Waals surface area contributed by atoms with Crippen LogP contribution >= 0.6 is 0 Å². The molecule has 2 atom stereocenters. The van der Waals surface area contributed by atoms with Crippen molar-refractivity contribution in [3.8, 4) is 0 Å². The van der Waals surface area contributed by atoms with Crippen molar-refractivity contribution in [2.45, 2.75) is 19.5 Å². The zero-order valence-electron chi connectivity index (χ0n) is 9.10. The van der Waals surface area contributed by atoms with Crippen molar-refractivity contribution in [2.75, 3.05) is 13.2 Å². The summed E-state index contributed by atoms with van der Waals surface area (Å²) in [5, 5.41) is 6.48. The summed E-state index contributed by atoms with van der Waals surface area (Å²) in [6.07, 6.45) is 1.47. The minimum absolute atomic E-state index is 0.111. The highest BCUT2D eigenvalue weighted by Crippen LogP contribution is 2.27. The Kier molecular flexibility index (Phi) is 2.93. The van der Waals surface area contributed by atoms with Crippen molar-refractivity contribution >= 4 is 5.91 Å². The van der Waals surface area contributed by atoms with Gasteiger partial charge in [0.25, 0.3) is 0 Å². The van der Waals surface area contributed by atoms with E-state index >= 15 is 0 Å². The lowest BCUT2D eigenvalue weighted by Gasteiger charge is -2.25. The highest BCUT2D eigenvalue weighted by molar-refractivity contribution is 5.83. The van der Waals surface area contributed by atoms with Crippen molar-refractivity contribution in [2.24, 2.45) is 11.1 Å². The molecule has 0 spiro atoms. The Bertz CT molecular complexity index is 365. The number of carbonyl (C=O) groups is 1. The van der Waals surface area contributed by atoms with Crippen LogP contribution in [0.3, 0.4) is 0 Å². The van der Waals surface area contributed by atoms with Gasteiger partial charge in [-0.25, -0.2) is 0 Å². The van der Waals surface area contributed by atoms with Gasteiger partial charge < -0.3 is 20.3 Å². The number of nitrogens with one attached hydrogen (secondary N) is 1. The largest absolute Gasteiger partial charge is 0.379 e. The van der Waals surface area contributed by atoms with Crippen LogP contribution in [0.1, 0.15) is 12.6 Å². The molecule has 0 bridgehead atoms. The Balaban J connectivity index is 1.93. The average Bonchev–Trinajstić information content (AvgIpc) is 2.87. The molecule has 2 heterocycles. The Morgan fingerprint density at radius 1 is 1.81 bits per heavy atom. The van der Waals surface area contributed by atoms with E-state index < -0.39 is 5.41 Å². The van der Waals surface area contributed by atoms with Gasteiger partial charge in [0.2, 0.25) is 5.91 Å². The summed E-state index contributed by atoms with van der Waals surface area (Å²) in [5.41, 5.74) is 5.88. The first-order valence-corrected chi connectivity index (χ1v) is 5.14. The van der Waals surface area contributed by atoms with Gasteiger partial charge in [-0.2, -0.15) is 0 Å².